The van der Waals surface area contributed by atoms with Crippen molar-refractivity contribution in [3.63, 3.8) is 0 Å². The van der Waals surface area contributed by atoms with Crippen molar-refractivity contribution in [2.24, 2.45) is 0 Å². The van der Waals surface area contributed by atoms with Gasteiger partial charge in [-0.2, -0.15) is 0 Å². The van der Waals surface area contributed by atoms with Crippen LogP contribution in [0, 0.1) is 0 Å². The molecule has 0 aliphatic rings. The molecule has 0 spiro atoms. The van der Waals surface area contributed by atoms with Crippen LogP contribution >= 0.6 is 0 Å². The Morgan fingerprint density at radius 1 is 0.397 bits per heavy atom. The number of carbonyl (C=O) groups is 2. The molecule has 1 atom stereocenters. The third-order valence-corrected chi connectivity index (χ3v) is 10.3. The Morgan fingerprint density at radius 2 is 0.776 bits per heavy atom. The first kappa shape index (κ1) is 55.3. The van der Waals surface area contributed by atoms with E-state index in [4.69, 9.17) is 14.2 Å². The molecule has 334 valence electrons. The van der Waals surface area contributed by atoms with E-state index in [0.29, 0.717) is 25.9 Å². The second-order valence-corrected chi connectivity index (χ2v) is 16.0. The molecule has 5 heteroatoms. The maximum Gasteiger partial charge on any atom is 0.306 e. The summed E-state index contributed by atoms with van der Waals surface area (Å²) in [5.74, 6) is -0.504. The molecule has 0 rings (SSSR count). The lowest BCUT2D eigenvalue weighted by molar-refractivity contribution is -0.162. The molecular formula is C53H92O5. The summed E-state index contributed by atoms with van der Waals surface area (Å²) in [5, 5.41) is 0. The van der Waals surface area contributed by atoms with Crippen molar-refractivity contribution in [3.05, 3.63) is 72.9 Å². The highest BCUT2D eigenvalue weighted by Gasteiger charge is 2.17. The molecule has 0 aromatic carbocycles. The summed E-state index contributed by atoms with van der Waals surface area (Å²) < 4.78 is 17.2. The molecular weight excluding hydrogens is 717 g/mol. The molecule has 58 heavy (non-hydrogen) atoms. The van der Waals surface area contributed by atoms with Crippen molar-refractivity contribution in [3.8, 4) is 0 Å². The molecule has 0 saturated heterocycles. The minimum absolute atomic E-state index is 0.0449. The molecule has 0 saturated carbocycles. The molecule has 0 aliphatic carbocycles. The molecule has 0 aromatic heterocycles. The molecule has 5 nitrogen and oxygen atoms in total. The lowest BCUT2D eigenvalue weighted by Gasteiger charge is -2.18. The number of ether oxygens (including phenoxy) is 3. The van der Waals surface area contributed by atoms with Gasteiger partial charge in [0.25, 0.3) is 0 Å². The first-order valence-corrected chi connectivity index (χ1v) is 24.5. The van der Waals surface area contributed by atoms with Crippen LogP contribution in [0.2, 0.25) is 0 Å². The van der Waals surface area contributed by atoms with Crippen LogP contribution in [0.1, 0.15) is 226 Å². The van der Waals surface area contributed by atoms with Crippen LogP contribution in [0.15, 0.2) is 72.9 Å². The highest BCUT2D eigenvalue weighted by Crippen LogP contribution is 2.15. The van der Waals surface area contributed by atoms with Gasteiger partial charge in [-0.1, -0.05) is 229 Å². The van der Waals surface area contributed by atoms with Gasteiger partial charge in [-0.15, -0.1) is 0 Å². The Kier molecular flexibility index (Phi) is 46.5. The zero-order valence-electron chi connectivity index (χ0n) is 38.3. The molecule has 1 unspecified atom stereocenters. The van der Waals surface area contributed by atoms with E-state index in [-0.39, 0.29) is 25.2 Å². The van der Waals surface area contributed by atoms with Gasteiger partial charge in [-0.25, -0.2) is 0 Å². The van der Waals surface area contributed by atoms with E-state index in [2.05, 4.69) is 87.6 Å². The van der Waals surface area contributed by atoms with Crippen molar-refractivity contribution in [2.75, 3.05) is 19.8 Å². The summed E-state index contributed by atoms with van der Waals surface area (Å²) >= 11 is 0. The number of rotatable bonds is 44. The van der Waals surface area contributed by atoms with Crippen LogP contribution in [-0.4, -0.2) is 37.9 Å². The Labute approximate surface area is 359 Å². The van der Waals surface area contributed by atoms with Crippen LogP contribution < -0.4 is 0 Å². The average molecular weight is 809 g/mol. The fourth-order valence-corrected chi connectivity index (χ4v) is 6.65. The van der Waals surface area contributed by atoms with Gasteiger partial charge >= 0.3 is 11.9 Å². The number of hydrogen-bond acceptors (Lipinski definition) is 5. The van der Waals surface area contributed by atoms with Crippen molar-refractivity contribution < 1.29 is 23.8 Å². The summed E-state index contributed by atoms with van der Waals surface area (Å²) in [5.41, 5.74) is 0. The van der Waals surface area contributed by atoms with Crippen molar-refractivity contribution >= 4 is 11.9 Å². The monoisotopic (exact) mass is 809 g/mol. The zero-order chi connectivity index (χ0) is 42.1. The minimum atomic E-state index is -0.562. The SMILES string of the molecule is CC/C=C\C/C=C\C/C=C\C/C=C\C/C=C\C/C=C\CCC(=O)OCC(COCCCCCCCCCCCCCCCCCCCC)OC(=O)CCCCCCC. The Balaban J connectivity index is 4.13. The van der Waals surface area contributed by atoms with Crippen LogP contribution in [0.4, 0.5) is 0 Å². The summed E-state index contributed by atoms with van der Waals surface area (Å²) in [6, 6.07) is 0. The predicted molar refractivity (Wildman–Crippen MR) is 251 cm³/mol. The fraction of sp³-hybridized carbons (Fsp3) is 0.736. The fourth-order valence-electron chi connectivity index (χ4n) is 6.65. The smallest absolute Gasteiger partial charge is 0.306 e. The second kappa shape index (κ2) is 48.7. The van der Waals surface area contributed by atoms with Crippen LogP contribution in [0.5, 0.6) is 0 Å². The number of unbranched alkanes of at least 4 members (excludes halogenated alkanes) is 21. The summed E-state index contributed by atoms with van der Waals surface area (Å²) in [6.45, 7) is 7.58. The van der Waals surface area contributed by atoms with Gasteiger partial charge in [0.2, 0.25) is 0 Å². The van der Waals surface area contributed by atoms with Gasteiger partial charge in [0.1, 0.15) is 6.61 Å². The van der Waals surface area contributed by atoms with Crippen LogP contribution in [-0.2, 0) is 23.8 Å². The van der Waals surface area contributed by atoms with Gasteiger partial charge in [-0.3, -0.25) is 9.59 Å². The van der Waals surface area contributed by atoms with E-state index in [9.17, 15) is 9.59 Å². The normalized spacial score (nSPS) is 12.8. The molecule has 0 N–H and O–H groups in total. The van der Waals surface area contributed by atoms with Gasteiger partial charge < -0.3 is 14.2 Å². The molecule has 0 fully saturated rings. The zero-order valence-corrected chi connectivity index (χ0v) is 38.3. The predicted octanol–water partition coefficient (Wildman–Crippen LogP) is 16.3. The topological polar surface area (TPSA) is 61.8 Å². The molecule has 0 radical (unpaired) electrons. The lowest BCUT2D eigenvalue weighted by atomic mass is 10.0. The summed E-state index contributed by atoms with van der Waals surface area (Å²) in [7, 11) is 0. The first-order valence-electron chi connectivity index (χ1n) is 24.5. The Bertz CT molecular complexity index is 1050. The minimum Gasteiger partial charge on any atom is -0.462 e. The quantitative estimate of drug-likeness (QED) is 0.0348. The van der Waals surface area contributed by atoms with Gasteiger partial charge in [-0.05, 0) is 57.8 Å². The van der Waals surface area contributed by atoms with E-state index < -0.39 is 6.10 Å². The largest absolute Gasteiger partial charge is 0.462 e. The third-order valence-electron chi connectivity index (χ3n) is 10.3. The van der Waals surface area contributed by atoms with E-state index in [1.54, 1.807) is 0 Å². The standard InChI is InChI=1S/C53H92O5/c1-4-7-10-13-15-17-19-21-23-25-27-28-30-32-34-36-38-41-43-46-52(54)57-50-51(58-53(55)47-44-40-12-9-6-3)49-56-48-45-42-39-37-35-33-31-29-26-24-22-20-18-16-14-11-8-5-2/h7,10,15,17,21,23,27-28,32,34,38,41,51H,4-6,8-9,11-14,16,18-20,22,24-26,29-31,33,35-37,39-40,42-50H2,1-3H3/b10-7-,17-15-,23-21-,28-27-,34-32-,41-38-. The molecule has 0 amide bonds. The van der Waals surface area contributed by atoms with Gasteiger partial charge in [0, 0.05) is 19.4 Å². The molecule has 0 heterocycles. The maximum absolute atomic E-state index is 12.6. The highest BCUT2D eigenvalue weighted by molar-refractivity contribution is 5.70. The Hall–Kier alpha value is -2.66. The third kappa shape index (κ3) is 46.0. The second-order valence-electron chi connectivity index (χ2n) is 16.0. The summed E-state index contributed by atoms with van der Waals surface area (Å²) in [6.07, 6.45) is 62.4. The first-order chi connectivity index (χ1) is 28.6. The number of hydrogen-bond donors (Lipinski definition) is 0. The van der Waals surface area contributed by atoms with E-state index in [0.717, 1.165) is 70.6 Å². The average Bonchev–Trinajstić information content (AvgIpc) is 3.22. The van der Waals surface area contributed by atoms with Crippen molar-refractivity contribution in [1.29, 1.82) is 0 Å². The van der Waals surface area contributed by atoms with Crippen molar-refractivity contribution in [2.45, 2.75) is 232 Å². The number of carbonyl (C=O) groups excluding carboxylic acids is 2. The van der Waals surface area contributed by atoms with Gasteiger partial charge in [0.15, 0.2) is 6.10 Å². The number of esters is 2. The molecule has 0 aliphatic heterocycles. The van der Waals surface area contributed by atoms with Gasteiger partial charge in [0.05, 0.1) is 6.61 Å². The molecule has 0 aromatic rings. The number of allylic oxidation sites excluding steroid dienone is 12. The van der Waals surface area contributed by atoms with E-state index in [1.807, 2.05) is 6.08 Å². The summed E-state index contributed by atoms with van der Waals surface area (Å²) in [4.78, 5) is 25.0. The van der Waals surface area contributed by atoms with E-state index >= 15 is 0 Å². The van der Waals surface area contributed by atoms with Crippen molar-refractivity contribution in [1.82, 2.24) is 0 Å². The van der Waals surface area contributed by atoms with Crippen LogP contribution in [0.25, 0.3) is 0 Å². The Morgan fingerprint density at radius 3 is 1.21 bits per heavy atom. The van der Waals surface area contributed by atoms with E-state index in [1.165, 1.54) is 116 Å². The van der Waals surface area contributed by atoms with Crippen LogP contribution in [0.3, 0.4) is 0 Å². The molecule has 0 bridgehead atoms. The lowest BCUT2D eigenvalue weighted by Crippen LogP contribution is -2.30. The maximum atomic E-state index is 12.6. The highest BCUT2D eigenvalue weighted by atomic mass is 16.6.